The molecule has 0 spiro atoms. The van der Waals surface area contributed by atoms with Gasteiger partial charge in [0.2, 0.25) is 0 Å². The molecule has 0 saturated carbocycles. The van der Waals surface area contributed by atoms with Gasteiger partial charge in [-0.05, 0) is 29.7 Å². The molecule has 28 heavy (non-hydrogen) atoms. The first kappa shape index (κ1) is 20.0. The standard InChI is InChI=1S/C21H22N2O4S/c1-13-19(28-18(23-13)12-27-2)20(24)22-11-17(21(25)26)10-14-7-8-15-5-3-4-6-16(15)9-14/h3-9,17H,10-12H2,1-2H3,(H,22,24)(H,25,26). The zero-order valence-corrected chi connectivity index (χ0v) is 16.6. The van der Waals surface area contributed by atoms with Crippen molar-refractivity contribution in [2.75, 3.05) is 13.7 Å². The summed E-state index contributed by atoms with van der Waals surface area (Å²) in [6, 6.07) is 13.9. The third kappa shape index (κ3) is 4.74. The molecule has 7 heteroatoms. The molecule has 1 unspecified atom stereocenters. The maximum atomic E-state index is 12.5. The van der Waals surface area contributed by atoms with Gasteiger partial charge in [-0.2, -0.15) is 0 Å². The van der Waals surface area contributed by atoms with Crippen LogP contribution in [0.3, 0.4) is 0 Å². The Balaban J connectivity index is 1.67. The topological polar surface area (TPSA) is 88.5 Å². The maximum Gasteiger partial charge on any atom is 0.308 e. The fourth-order valence-corrected chi connectivity index (χ4v) is 3.99. The van der Waals surface area contributed by atoms with Gasteiger partial charge in [0.05, 0.1) is 18.2 Å². The number of fused-ring (bicyclic) bond motifs is 1. The Morgan fingerprint density at radius 1 is 1.21 bits per heavy atom. The predicted molar refractivity (Wildman–Crippen MR) is 109 cm³/mol. The largest absolute Gasteiger partial charge is 0.481 e. The molecule has 146 valence electrons. The van der Waals surface area contributed by atoms with Crippen molar-refractivity contribution < 1.29 is 19.4 Å². The summed E-state index contributed by atoms with van der Waals surface area (Å²) in [5.74, 6) is -1.95. The van der Waals surface area contributed by atoms with Crippen LogP contribution in [0.1, 0.15) is 25.9 Å². The highest BCUT2D eigenvalue weighted by Gasteiger charge is 2.21. The van der Waals surface area contributed by atoms with Crippen LogP contribution in [-0.2, 0) is 22.6 Å². The van der Waals surface area contributed by atoms with E-state index in [9.17, 15) is 14.7 Å². The predicted octanol–water partition coefficient (Wildman–Crippen LogP) is 3.42. The van der Waals surface area contributed by atoms with Gasteiger partial charge < -0.3 is 15.2 Å². The van der Waals surface area contributed by atoms with E-state index in [1.165, 1.54) is 11.3 Å². The van der Waals surface area contributed by atoms with E-state index in [1.807, 2.05) is 42.5 Å². The summed E-state index contributed by atoms with van der Waals surface area (Å²) in [6.45, 7) is 2.16. The lowest BCUT2D eigenvalue weighted by Crippen LogP contribution is -2.34. The number of carbonyl (C=O) groups excluding carboxylic acids is 1. The van der Waals surface area contributed by atoms with Crippen LogP contribution in [0.5, 0.6) is 0 Å². The van der Waals surface area contributed by atoms with Gasteiger partial charge in [0.25, 0.3) is 5.91 Å². The number of aliphatic carboxylic acids is 1. The fourth-order valence-electron chi connectivity index (χ4n) is 3.04. The Kier molecular flexibility index (Phi) is 6.38. The van der Waals surface area contributed by atoms with Crippen LogP contribution in [-0.4, -0.2) is 35.6 Å². The molecule has 1 heterocycles. The molecule has 3 rings (SSSR count). The van der Waals surface area contributed by atoms with Gasteiger partial charge >= 0.3 is 5.97 Å². The van der Waals surface area contributed by atoms with Crippen molar-refractivity contribution in [3.8, 4) is 0 Å². The second-order valence-electron chi connectivity index (χ2n) is 6.59. The lowest BCUT2D eigenvalue weighted by atomic mass is 9.97. The molecular weight excluding hydrogens is 376 g/mol. The highest BCUT2D eigenvalue weighted by molar-refractivity contribution is 7.13. The number of carboxylic acid groups (broad SMARTS) is 1. The summed E-state index contributed by atoms with van der Waals surface area (Å²) in [7, 11) is 1.57. The van der Waals surface area contributed by atoms with Crippen LogP contribution in [0.4, 0.5) is 0 Å². The van der Waals surface area contributed by atoms with Crippen LogP contribution >= 0.6 is 11.3 Å². The van der Waals surface area contributed by atoms with Gasteiger partial charge in [-0.25, -0.2) is 4.98 Å². The molecule has 1 aromatic heterocycles. The Hall–Kier alpha value is -2.77. The number of aromatic nitrogens is 1. The van der Waals surface area contributed by atoms with Gasteiger partial charge in [-0.15, -0.1) is 11.3 Å². The highest BCUT2D eigenvalue weighted by Crippen LogP contribution is 2.20. The summed E-state index contributed by atoms with van der Waals surface area (Å²) in [6.07, 6.45) is 0.344. The molecule has 6 nitrogen and oxygen atoms in total. The second kappa shape index (κ2) is 8.95. The number of ether oxygens (including phenoxy) is 1. The second-order valence-corrected chi connectivity index (χ2v) is 7.67. The van der Waals surface area contributed by atoms with Crippen molar-refractivity contribution in [1.82, 2.24) is 10.3 Å². The Morgan fingerprint density at radius 3 is 2.68 bits per heavy atom. The summed E-state index contributed by atoms with van der Waals surface area (Å²) in [5, 5.41) is 15.2. The third-order valence-electron chi connectivity index (χ3n) is 4.47. The molecule has 2 N–H and O–H groups in total. The van der Waals surface area contributed by atoms with E-state index in [0.717, 1.165) is 21.3 Å². The zero-order chi connectivity index (χ0) is 20.1. The van der Waals surface area contributed by atoms with Gasteiger partial charge in [-0.1, -0.05) is 42.5 Å². The van der Waals surface area contributed by atoms with Crippen LogP contribution in [0.25, 0.3) is 10.8 Å². The number of aryl methyl sites for hydroxylation is 1. The number of carbonyl (C=O) groups is 2. The fraction of sp³-hybridized carbons (Fsp3) is 0.286. The smallest absolute Gasteiger partial charge is 0.308 e. The molecule has 2 aromatic carbocycles. The molecule has 1 amide bonds. The van der Waals surface area contributed by atoms with E-state index in [0.29, 0.717) is 23.6 Å². The first-order valence-electron chi connectivity index (χ1n) is 8.92. The molecule has 0 aliphatic carbocycles. The van der Waals surface area contributed by atoms with Crippen LogP contribution in [0, 0.1) is 12.8 Å². The van der Waals surface area contributed by atoms with Gasteiger partial charge in [0.1, 0.15) is 9.88 Å². The van der Waals surface area contributed by atoms with E-state index < -0.39 is 11.9 Å². The van der Waals surface area contributed by atoms with E-state index in [1.54, 1.807) is 14.0 Å². The molecule has 0 saturated heterocycles. The quantitative estimate of drug-likeness (QED) is 0.607. The number of hydrogen-bond acceptors (Lipinski definition) is 5. The third-order valence-corrected chi connectivity index (χ3v) is 5.60. The number of nitrogens with one attached hydrogen (secondary N) is 1. The molecule has 1 atom stereocenters. The van der Waals surface area contributed by atoms with Crippen molar-refractivity contribution in [3.63, 3.8) is 0 Å². The number of hydrogen-bond donors (Lipinski definition) is 2. The van der Waals surface area contributed by atoms with E-state index in [4.69, 9.17) is 4.74 Å². The van der Waals surface area contributed by atoms with Crippen LogP contribution in [0.2, 0.25) is 0 Å². The molecular formula is C21H22N2O4S. The first-order valence-corrected chi connectivity index (χ1v) is 9.73. The van der Waals surface area contributed by atoms with Gasteiger partial charge in [-0.3, -0.25) is 9.59 Å². The Labute approximate surface area is 167 Å². The number of methoxy groups -OCH3 is 1. The SMILES string of the molecule is COCc1nc(C)c(C(=O)NCC(Cc2ccc3ccccc3c2)C(=O)O)s1. The summed E-state index contributed by atoms with van der Waals surface area (Å²) < 4.78 is 5.04. The highest BCUT2D eigenvalue weighted by atomic mass is 32.1. The van der Waals surface area contributed by atoms with Gasteiger partial charge in [0, 0.05) is 13.7 Å². The molecule has 0 aliphatic heterocycles. The summed E-state index contributed by atoms with van der Waals surface area (Å²) in [4.78, 5) is 28.9. The van der Waals surface area contributed by atoms with Crippen LogP contribution < -0.4 is 5.32 Å². The number of benzene rings is 2. The normalized spacial score (nSPS) is 12.1. The van der Waals surface area contributed by atoms with E-state index in [2.05, 4.69) is 10.3 Å². The molecule has 0 fully saturated rings. The molecule has 3 aromatic rings. The van der Waals surface area contributed by atoms with Crippen molar-refractivity contribution in [2.45, 2.75) is 20.0 Å². The van der Waals surface area contributed by atoms with Crippen molar-refractivity contribution >= 4 is 34.0 Å². The molecule has 0 bridgehead atoms. The van der Waals surface area contributed by atoms with Crippen molar-refractivity contribution in [2.24, 2.45) is 5.92 Å². The minimum Gasteiger partial charge on any atom is -0.481 e. The number of amides is 1. The number of nitrogens with zero attached hydrogens (tertiary/aromatic N) is 1. The average molecular weight is 398 g/mol. The zero-order valence-electron chi connectivity index (χ0n) is 15.8. The van der Waals surface area contributed by atoms with Crippen LogP contribution in [0.15, 0.2) is 42.5 Å². The van der Waals surface area contributed by atoms with E-state index in [-0.39, 0.29) is 12.5 Å². The first-order chi connectivity index (χ1) is 13.5. The van der Waals surface area contributed by atoms with E-state index >= 15 is 0 Å². The summed E-state index contributed by atoms with van der Waals surface area (Å²) in [5.41, 5.74) is 1.55. The lowest BCUT2D eigenvalue weighted by molar-refractivity contribution is -0.141. The Bertz CT molecular complexity index is 999. The van der Waals surface area contributed by atoms with Crippen molar-refractivity contribution in [1.29, 1.82) is 0 Å². The number of carboxylic acids is 1. The average Bonchev–Trinajstić information content (AvgIpc) is 3.05. The maximum absolute atomic E-state index is 12.5. The summed E-state index contributed by atoms with van der Waals surface area (Å²) >= 11 is 1.26. The number of thiazole rings is 1. The molecule has 0 aliphatic rings. The minimum atomic E-state index is -0.936. The Morgan fingerprint density at radius 2 is 1.96 bits per heavy atom. The van der Waals surface area contributed by atoms with Crippen molar-refractivity contribution in [3.05, 3.63) is 63.6 Å². The molecule has 0 radical (unpaired) electrons. The minimum absolute atomic E-state index is 0.0535. The van der Waals surface area contributed by atoms with Gasteiger partial charge in [0.15, 0.2) is 0 Å². The monoisotopic (exact) mass is 398 g/mol. The number of rotatable bonds is 8. The lowest BCUT2D eigenvalue weighted by Gasteiger charge is -2.14.